The molecule has 2 N–H and O–H groups in total. The maximum Gasteiger partial charge on any atom is 0.250 e. The molecule has 8 heteroatoms. The molecule has 0 aliphatic carbocycles. The number of benzene rings is 3. The molecule has 0 radical (unpaired) electrons. The molecular weight excluding hydrogens is 450 g/mol. The van der Waals surface area contributed by atoms with Crippen molar-refractivity contribution in [3.8, 4) is 5.75 Å². The van der Waals surface area contributed by atoms with Gasteiger partial charge in [0.25, 0.3) is 5.95 Å². The van der Waals surface area contributed by atoms with Gasteiger partial charge in [0, 0.05) is 5.02 Å². The number of amides is 1. The van der Waals surface area contributed by atoms with Crippen LogP contribution in [0.3, 0.4) is 0 Å². The van der Waals surface area contributed by atoms with Crippen molar-refractivity contribution in [2.24, 2.45) is 0 Å². The maximum absolute atomic E-state index is 12.7. The van der Waals surface area contributed by atoms with E-state index in [0.717, 1.165) is 28.9 Å². The van der Waals surface area contributed by atoms with Crippen LogP contribution in [0.15, 0.2) is 78.9 Å². The molecule has 2 atom stereocenters. The lowest BCUT2D eigenvalue weighted by Gasteiger charge is -2.31. The van der Waals surface area contributed by atoms with Crippen molar-refractivity contribution in [3.63, 3.8) is 0 Å². The number of anilines is 2. The Morgan fingerprint density at radius 3 is 2.50 bits per heavy atom. The van der Waals surface area contributed by atoms with Crippen LogP contribution in [0.1, 0.15) is 35.2 Å². The van der Waals surface area contributed by atoms with Gasteiger partial charge in [-0.1, -0.05) is 66.2 Å². The summed E-state index contributed by atoms with van der Waals surface area (Å²) >= 11 is 6.09. The molecule has 1 aromatic heterocycles. The summed E-state index contributed by atoms with van der Waals surface area (Å²) in [6.45, 7) is 0. The van der Waals surface area contributed by atoms with Crippen LogP contribution in [0.5, 0.6) is 5.75 Å². The molecule has 0 bridgehead atoms. The summed E-state index contributed by atoms with van der Waals surface area (Å²) in [6, 6.07) is 25.4. The van der Waals surface area contributed by atoms with Gasteiger partial charge in [-0.3, -0.25) is 10.1 Å². The van der Waals surface area contributed by atoms with Crippen molar-refractivity contribution >= 4 is 29.4 Å². The largest absolute Gasteiger partial charge is 0.497 e. The van der Waals surface area contributed by atoms with E-state index >= 15 is 0 Å². The lowest BCUT2D eigenvalue weighted by atomic mass is 9.93. The van der Waals surface area contributed by atoms with Crippen molar-refractivity contribution < 1.29 is 9.53 Å². The van der Waals surface area contributed by atoms with Crippen LogP contribution in [-0.4, -0.2) is 27.8 Å². The number of hydrogen-bond donors (Lipinski definition) is 2. The molecule has 1 aliphatic heterocycles. The molecule has 34 heavy (non-hydrogen) atoms. The van der Waals surface area contributed by atoms with E-state index in [2.05, 4.69) is 32.8 Å². The molecule has 172 valence electrons. The highest BCUT2D eigenvalue weighted by Crippen LogP contribution is 2.38. The van der Waals surface area contributed by atoms with Gasteiger partial charge in [-0.2, -0.15) is 4.98 Å². The predicted octanol–water partition coefficient (Wildman–Crippen LogP) is 5.27. The second-order valence-electron chi connectivity index (χ2n) is 8.19. The average Bonchev–Trinajstić information content (AvgIpc) is 3.27. The van der Waals surface area contributed by atoms with Crippen LogP contribution in [0.2, 0.25) is 5.02 Å². The Bertz CT molecular complexity index is 1270. The summed E-state index contributed by atoms with van der Waals surface area (Å²) in [7, 11) is 1.61. The number of nitrogens with one attached hydrogen (secondary N) is 2. The standard InChI is InChI=1S/C26H24ClN5O2/c1-34-21-13-7-17(8-14-21)15-24(33)29-25-30-26-28-22(18-9-11-20(27)12-10-18)16-23(32(26)31-25)19-5-3-2-4-6-19/h2-14,22-23H,15-16H2,1H3,(H2,28,29,30,31,33). The number of fused-ring (bicyclic) bond motifs is 1. The minimum atomic E-state index is -0.182. The van der Waals surface area contributed by atoms with Gasteiger partial charge in [-0.15, -0.1) is 5.10 Å². The van der Waals surface area contributed by atoms with E-state index in [4.69, 9.17) is 16.3 Å². The number of hydrogen-bond acceptors (Lipinski definition) is 5. The molecule has 1 amide bonds. The van der Waals surface area contributed by atoms with Gasteiger partial charge in [-0.25, -0.2) is 4.68 Å². The molecule has 7 nitrogen and oxygen atoms in total. The Balaban J connectivity index is 1.39. The van der Waals surface area contributed by atoms with Crippen LogP contribution >= 0.6 is 11.6 Å². The van der Waals surface area contributed by atoms with E-state index in [1.807, 2.05) is 71.4 Å². The van der Waals surface area contributed by atoms with Gasteiger partial charge in [0.05, 0.1) is 25.6 Å². The molecule has 3 aromatic carbocycles. The zero-order chi connectivity index (χ0) is 23.5. The van der Waals surface area contributed by atoms with E-state index < -0.39 is 0 Å². The van der Waals surface area contributed by atoms with E-state index in [1.54, 1.807) is 7.11 Å². The number of aromatic nitrogens is 3. The zero-order valence-electron chi connectivity index (χ0n) is 18.6. The molecule has 1 aliphatic rings. The van der Waals surface area contributed by atoms with Crippen molar-refractivity contribution in [2.75, 3.05) is 17.7 Å². The van der Waals surface area contributed by atoms with Crippen LogP contribution in [0.25, 0.3) is 0 Å². The Kier molecular flexibility index (Phi) is 6.18. The van der Waals surface area contributed by atoms with Crippen LogP contribution in [-0.2, 0) is 11.2 Å². The zero-order valence-corrected chi connectivity index (χ0v) is 19.4. The Labute approximate surface area is 202 Å². The Morgan fingerprint density at radius 2 is 1.79 bits per heavy atom. The molecular formula is C26H24ClN5O2. The molecule has 0 saturated heterocycles. The fourth-order valence-electron chi connectivity index (χ4n) is 4.19. The minimum absolute atomic E-state index is 0.0297. The van der Waals surface area contributed by atoms with Crippen LogP contribution < -0.4 is 15.4 Å². The number of carbonyl (C=O) groups excluding carboxylic acids is 1. The molecule has 0 saturated carbocycles. The van der Waals surface area contributed by atoms with E-state index in [9.17, 15) is 4.79 Å². The second kappa shape index (κ2) is 9.57. The van der Waals surface area contributed by atoms with Crippen LogP contribution in [0.4, 0.5) is 11.9 Å². The minimum Gasteiger partial charge on any atom is -0.497 e. The Morgan fingerprint density at radius 1 is 1.06 bits per heavy atom. The molecule has 4 aromatic rings. The number of rotatable bonds is 6. The Hall–Kier alpha value is -3.84. The number of ether oxygens (including phenoxy) is 1. The molecule has 0 spiro atoms. The van der Waals surface area contributed by atoms with Gasteiger partial charge < -0.3 is 10.1 Å². The number of nitrogens with zero attached hydrogens (tertiary/aromatic N) is 3. The predicted molar refractivity (Wildman–Crippen MR) is 132 cm³/mol. The van der Waals surface area contributed by atoms with Crippen LogP contribution in [0, 0.1) is 0 Å². The summed E-state index contributed by atoms with van der Waals surface area (Å²) in [5, 5.41) is 11.6. The summed E-state index contributed by atoms with van der Waals surface area (Å²) in [5.41, 5.74) is 3.13. The summed E-state index contributed by atoms with van der Waals surface area (Å²) < 4.78 is 7.02. The van der Waals surface area contributed by atoms with Gasteiger partial charge in [0.2, 0.25) is 11.9 Å². The lowest BCUT2D eigenvalue weighted by Crippen LogP contribution is -2.28. The first kappa shape index (κ1) is 22.0. The fourth-order valence-corrected chi connectivity index (χ4v) is 4.32. The van der Waals surface area contributed by atoms with Gasteiger partial charge >= 0.3 is 0 Å². The third kappa shape index (κ3) is 4.75. The molecule has 2 unspecified atom stereocenters. The van der Waals surface area contributed by atoms with Crippen molar-refractivity contribution in [1.82, 2.24) is 14.8 Å². The first-order valence-electron chi connectivity index (χ1n) is 11.1. The molecule has 0 fully saturated rings. The highest BCUT2D eigenvalue weighted by Gasteiger charge is 2.31. The van der Waals surface area contributed by atoms with Crippen molar-refractivity contribution in [1.29, 1.82) is 0 Å². The first-order chi connectivity index (χ1) is 16.6. The monoisotopic (exact) mass is 473 g/mol. The smallest absolute Gasteiger partial charge is 0.250 e. The maximum atomic E-state index is 12.7. The van der Waals surface area contributed by atoms with Crippen molar-refractivity contribution in [3.05, 3.63) is 101 Å². The van der Waals surface area contributed by atoms with Gasteiger partial charge in [0.15, 0.2) is 0 Å². The average molecular weight is 474 g/mol. The third-order valence-electron chi connectivity index (χ3n) is 5.92. The summed E-state index contributed by atoms with van der Waals surface area (Å²) in [5.74, 6) is 1.46. The SMILES string of the molecule is COc1ccc(CC(=O)Nc2nc3n(n2)C(c2ccccc2)CC(c2ccc(Cl)cc2)N3)cc1. The van der Waals surface area contributed by atoms with E-state index in [0.29, 0.717) is 11.0 Å². The molecule has 2 heterocycles. The summed E-state index contributed by atoms with van der Waals surface area (Å²) in [4.78, 5) is 17.2. The number of halogens is 1. The number of methoxy groups -OCH3 is 1. The lowest BCUT2D eigenvalue weighted by molar-refractivity contribution is -0.115. The highest BCUT2D eigenvalue weighted by molar-refractivity contribution is 6.30. The summed E-state index contributed by atoms with van der Waals surface area (Å²) in [6.07, 6.45) is 0.998. The molecule has 5 rings (SSSR count). The van der Waals surface area contributed by atoms with E-state index in [-0.39, 0.29) is 30.4 Å². The van der Waals surface area contributed by atoms with Crippen molar-refractivity contribution in [2.45, 2.75) is 24.9 Å². The van der Waals surface area contributed by atoms with Gasteiger partial charge in [-0.05, 0) is 47.4 Å². The second-order valence-corrected chi connectivity index (χ2v) is 8.62. The van der Waals surface area contributed by atoms with E-state index in [1.165, 1.54) is 0 Å². The normalized spacial score (nSPS) is 16.9. The highest BCUT2D eigenvalue weighted by atomic mass is 35.5. The topological polar surface area (TPSA) is 81.1 Å². The third-order valence-corrected chi connectivity index (χ3v) is 6.17. The fraction of sp³-hybridized carbons (Fsp3) is 0.192. The number of carbonyl (C=O) groups is 1. The quantitative estimate of drug-likeness (QED) is 0.399. The van der Waals surface area contributed by atoms with Gasteiger partial charge in [0.1, 0.15) is 5.75 Å². The first-order valence-corrected chi connectivity index (χ1v) is 11.4.